The second kappa shape index (κ2) is 6.26. The largest absolute Gasteiger partial charge is 0.278 e. The molecule has 0 saturated carbocycles. The van der Waals surface area contributed by atoms with Crippen LogP contribution in [0, 0.1) is 12.3 Å². The van der Waals surface area contributed by atoms with Crippen LogP contribution < -0.4 is 4.90 Å². The van der Waals surface area contributed by atoms with E-state index in [1.165, 1.54) is 16.7 Å². The van der Waals surface area contributed by atoms with E-state index in [9.17, 15) is 4.79 Å². The minimum absolute atomic E-state index is 0.0122. The van der Waals surface area contributed by atoms with Crippen molar-refractivity contribution < 1.29 is 4.79 Å². The number of amidine groups is 1. The van der Waals surface area contributed by atoms with E-state index >= 15 is 0 Å². The van der Waals surface area contributed by atoms with Crippen molar-refractivity contribution in [3.05, 3.63) is 64.1 Å². The number of nitrogens with zero attached hydrogens (tertiary/aromatic N) is 1. The zero-order valence-electron chi connectivity index (χ0n) is 12.0. The molecule has 112 valence electrons. The molecular weight excluding hydrogens is 360 g/mol. The van der Waals surface area contributed by atoms with Crippen LogP contribution in [0.3, 0.4) is 0 Å². The zero-order valence-corrected chi connectivity index (χ0v) is 14.4. The molecule has 5 heteroatoms. The molecule has 1 amide bonds. The summed E-state index contributed by atoms with van der Waals surface area (Å²) < 4.78 is 1.02. The molecule has 1 atom stereocenters. The molecule has 0 spiro atoms. The summed E-state index contributed by atoms with van der Waals surface area (Å²) in [5.41, 5.74) is 3.01. The number of amides is 1. The van der Waals surface area contributed by atoms with Crippen molar-refractivity contribution in [3.8, 4) is 0 Å². The maximum atomic E-state index is 12.6. The molecule has 0 radical (unpaired) electrons. The van der Waals surface area contributed by atoms with Gasteiger partial charge in [-0.05, 0) is 43.2 Å². The van der Waals surface area contributed by atoms with Crippen molar-refractivity contribution in [2.75, 3.05) is 4.90 Å². The summed E-state index contributed by atoms with van der Waals surface area (Å²) in [5.74, 6) is -0.0122. The van der Waals surface area contributed by atoms with Gasteiger partial charge in [0.25, 0.3) is 0 Å². The maximum Gasteiger partial charge on any atom is 0.247 e. The smallest absolute Gasteiger partial charge is 0.247 e. The van der Waals surface area contributed by atoms with Crippen LogP contribution in [0.4, 0.5) is 5.69 Å². The molecular formula is C17H15BrN2OS. The second-order valence-electron chi connectivity index (χ2n) is 5.25. The third-order valence-electron chi connectivity index (χ3n) is 3.58. The molecule has 1 saturated heterocycles. The lowest BCUT2D eigenvalue weighted by molar-refractivity contribution is -0.116. The number of hydrogen-bond acceptors (Lipinski definition) is 3. The Hall–Kier alpha value is -1.59. The van der Waals surface area contributed by atoms with E-state index < -0.39 is 0 Å². The molecule has 2 aromatic carbocycles. The fourth-order valence-electron chi connectivity index (χ4n) is 2.38. The van der Waals surface area contributed by atoms with E-state index in [2.05, 4.69) is 15.9 Å². The highest BCUT2D eigenvalue weighted by Crippen LogP contribution is 2.33. The van der Waals surface area contributed by atoms with Crippen LogP contribution >= 0.6 is 27.7 Å². The molecule has 1 N–H and O–H groups in total. The highest BCUT2D eigenvalue weighted by atomic mass is 79.9. The zero-order chi connectivity index (χ0) is 15.7. The first-order valence-corrected chi connectivity index (χ1v) is 8.62. The third kappa shape index (κ3) is 3.10. The van der Waals surface area contributed by atoms with Gasteiger partial charge in [0.1, 0.15) is 0 Å². The van der Waals surface area contributed by atoms with Gasteiger partial charge in [-0.25, -0.2) is 0 Å². The van der Waals surface area contributed by atoms with Crippen LogP contribution in [0.2, 0.25) is 0 Å². The molecule has 0 unspecified atom stereocenters. The predicted octanol–water partition coefficient (Wildman–Crippen LogP) is 4.38. The summed E-state index contributed by atoms with van der Waals surface area (Å²) in [6.45, 7) is 2.01. The van der Waals surface area contributed by atoms with Gasteiger partial charge >= 0.3 is 0 Å². The lowest BCUT2D eigenvalue weighted by Gasteiger charge is -2.15. The molecule has 0 aliphatic carbocycles. The van der Waals surface area contributed by atoms with E-state index in [-0.39, 0.29) is 11.2 Å². The Morgan fingerprint density at radius 1 is 1.14 bits per heavy atom. The number of thioether (sulfide) groups is 1. The molecule has 1 fully saturated rings. The van der Waals surface area contributed by atoms with Crippen LogP contribution in [0.5, 0.6) is 0 Å². The van der Waals surface area contributed by atoms with Crippen molar-refractivity contribution in [1.29, 1.82) is 5.41 Å². The van der Waals surface area contributed by atoms with Gasteiger partial charge in [0.2, 0.25) is 5.91 Å². The summed E-state index contributed by atoms with van der Waals surface area (Å²) >= 11 is 4.74. The summed E-state index contributed by atoms with van der Waals surface area (Å²) in [4.78, 5) is 14.1. The second-order valence-corrected chi connectivity index (χ2v) is 7.36. The molecule has 1 heterocycles. The number of rotatable bonds is 3. The van der Waals surface area contributed by atoms with Crippen LogP contribution in [0.15, 0.2) is 53.0 Å². The van der Waals surface area contributed by atoms with E-state index in [1.807, 2.05) is 55.5 Å². The molecule has 3 rings (SSSR count). The van der Waals surface area contributed by atoms with Crippen molar-refractivity contribution in [2.24, 2.45) is 0 Å². The number of nitrogens with one attached hydrogen (secondary N) is 1. The quantitative estimate of drug-likeness (QED) is 0.865. The normalized spacial score (nSPS) is 18.1. The van der Waals surface area contributed by atoms with Gasteiger partial charge in [-0.2, -0.15) is 0 Å². The number of carbonyl (C=O) groups is 1. The first kappa shape index (κ1) is 15.3. The number of aryl methyl sites for hydroxylation is 1. The Morgan fingerprint density at radius 2 is 1.77 bits per heavy atom. The van der Waals surface area contributed by atoms with Crippen LogP contribution in [-0.4, -0.2) is 16.3 Å². The molecule has 3 nitrogen and oxygen atoms in total. The Balaban J connectivity index is 1.79. The maximum absolute atomic E-state index is 12.6. The number of hydrogen-bond donors (Lipinski definition) is 1. The van der Waals surface area contributed by atoms with Crippen LogP contribution in [0.25, 0.3) is 0 Å². The average Bonchev–Trinajstić information content (AvgIpc) is 2.77. The highest BCUT2D eigenvalue weighted by molar-refractivity contribution is 9.10. The molecule has 0 bridgehead atoms. The van der Waals surface area contributed by atoms with Crippen molar-refractivity contribution in [3.63, 3.8) is 0 Å². The first-order valence-electron chi connectivity index (χ1n) is 6.95. The predicted molar refractivity (Wildman–Crippen MR) is 95.6 cm³/mol. The van der Waals surface area contributed by atoms with E-state index in [0.717, 1.165) is 21.3 Å². The van der Waals surface area contributed by atoms with Gasteiger partial charge in [0.05, 0.1) is 10.9 Å². The van der Waals surface area contributed by atoms with Gasteiger partial charge < -0.3 is 0 Å². The Kier molecular flexibility index (Phi) is 4.36. The number of carbonyl (C=O) groups excluding carboxylic acids is 1. The van der Waals surface area contributed by atoms with Crippen molar-refractivity contribution in [2.45, 2.75) is 18.6 Å². The Bertz CT molecular complexity index is 712. The molecule has 22 heavy (non-hydrogen) atoms. The summed E-state index contributed by atoms with van der Waals surface area (Å²) in [7, 11) is 0. The monoisotopic (exact) mass is 374 g/mol. The lowest BCUT2D eigenvalue weighted by Crippen LogP contribution is -2.32. The van der Waals surface area contributed by atoms with Gasteiger partial charge in [-0.3, -0.25) is 15.1 Å². The summed E-state index contributed by atoms with van der Waals surface area (Å²) in [6.07, 6.45) is 0.640. The SMILES string of the molecule is Cc1ccc(N2C(=N)S[C@@H](Cc3ccc(Br)cc3)C2=O)cc1. The minimum atomic E-state index is -0.227. The van der Waals surface area contributed by atoms with E-state index in [0.29, 0.717) is 11.6 Å². The minimum Gasteiger partial charge on any atom is -0.278 e. The molecule has 1 aliphatic heterocycles. The summed E-state index contributed by atoms with van der Waals surface area (Å²) in [6, 6.07) is 15.7. The van der Waals surface area contributed by atoms with E-state index in [1.54, 1.807) is 0 Å². The van der Waals surface area contributed by atoms with Gasteiger partial charge in [0.15, 0.2) is 5.17 Å². The van der Waals surface area contributed by atoms with Gasteiger partial charge in [0, 0.05) is 4.47 Å². The van der Waals surface area contributed by atoms with Crippen molar-refractivity contribution in [1.82, 2.24) is 0 Å². The molecule has 2 aromatic rings. The number of halogens is 1. The van der Waals surface area contributed by atoms with Crippen molar-refractivity contribution >= 4 is 44.5 Å². The number of benzene rings is 2. The third-order valence-corrected chi connectivity index (χ3v) is 5.17. The van der Waals surface area contributed by atoms with E-state index in [4.69, 9.17) is 5.41 Å². The Labute approximate surface area is 142 Å². The standard InChI is InChI=1S/C17H15BrN2OS/c1-11-2-8-14(9-3-11)20-16(21)15(22-17(20)19)10-12-4-6-13(18)7-5-12/h2-9,15,19H,10H2,1H3/t15-/m0/s1. The Morgan fingerprint density at radius 3 is 2.41 bits per heavy atom. The highest BCUT2D eigenvalue weighted by Gasteiger charge is 2.37. The first-order chi connectivity index (χ1) is 10.5. The van der Waals surface area contributed by atoms with Crippen LogP contribution in [0.1, 0.15) is 11.1 Å². The molecule has 1 aliphatic rings. The lowest BCUT2D eigenvalue weighted by atomic mass is 10.1. The van der Waals surface area contributed by atoms with Gasteiger partial charge in [-0.15, -0.1) is 0 Å². The van der Waals surface area contributed by atoms with Crippen LogP contribution in [-0.2, 0) is 11.2 Å². The average molecular weight is 375 g/mol. The van der Waals surface area contributed by atoms with Gasteiger partial charge in [-0.1, -0.05) is 57.5 Å². The fraction of sp³-hybridized carbons (Fsp3) is 0.176. The topological polar surface area (TPSA) is 44.2 Å². The fourth-order valence-corrected chi connectivity index (χ4v) is 3.70. The summed E-state index contributed by atoms with van der Waals surface area (Å²) in [5, 5.41) is 8.19. The number of anilines is 1. The molecule has 0 aromatic heterocycles.